The predicted molar refractivity (Wildman–Crippen MR) is 52.5 cm³/mol. The van der Waals surface area contributed by atoms with Gasteiger partial charge in [0.25, 0.3) is 0 Å². The van der Waals surface area contributed by atoms with Gasteiger partial charge in [-0.1, -0.05) is 13.5 Å². The van der Waals surface area contributed by atoms with Crippen LogP contribution in [0, 0.1) is 5.41 Å². The second-order valence-electron chi connectivity index (χ2n) is 2.69. The number of ether oxygens (including phenoxy) is 1. The Kier molecular flexibility index (Phi) is 6.07. The minimum atomic E-state index is 0.528. The highest BCUT2D eigenvalue weighted by Gasteiger charge is 1.90. The third kappa shape index (κ3) is 5.71. The molecule has 2 heteroatoms. The summed E-state index contributed by atoms with van der Waals surface area (Å²) >= 11 is 0. The quantitative estimate of drug-likeness (QED) is 0.479. The molecule has 0 aliphatic carbocycles. The standard InChI is InChI=1S/C10H17NO/c1-4-5-10(3)12-7-6-9(2)8-11/h6,8,11H,3-5,7H2,1-2H3/b9-6+,11-8?. The van der Waals surface area contributed by atoms with Crippen molar-refractivity contribution in [3.63, 3.8) is 0 Å². The highest BCUT2D eigenvalue weighted by atomic mass is 16.5. The molecule has 0 saturated carbocycles. The lowest BCUT2D eigenvalue weighted by Gasteiger charge is -2.04. The lowest BCUT2D eigenvalue weighted by Crippen LogP contribution is -1.91. The van der Waals surface area contributed by atoms with E-state index in [2.05, 4.69) is 13.5 Å². The summed E-state index contributed by atoms with van der Waals surface area (Å²) < 4.78 is 5.28. The second kappa shape index (κ2) is 6.65. The summed E-state index contributed by atoms with van der Waals surface area (Å²) in [5.74, 6) is 0.825. The summed E-state index contributed by atoms with van der Waals surface area (Å²) in [5.41, 5.74) is 0.916. The summed E-state index contributed by atoms with van der Waals surface area (Å²) in [6, 6.07) is 0. The molecule has 0 fully saturated rings. The van der Waals surface area contributed by atoms with Crippen LogP contribution in [0.4, 0.5) is 0 Å². The second-order valence-corrected chi connectivity index (χ2v) is 2.69. The molecule has 2 nitrogen and oxygen atoms in total. The monoisotopic (exact) mass is 167 g/mol. The molecule has 0 aliphatic rings. The van der Waals surface area contributed by atoms with Gasteiger partial charge in [-0.05, 0) is 25.0 Å². The van der Waals surface area contributed by atoms with E-state index in [-0.39, 0.29) is 0 Å². The van der Waals surface area contributed by atoms with Gasteiger partial charge in [-0.3, -0.25) is 0 Å². The molecule has 0 unspecified atom stereocenters. The molecular formula is C10H17NO. The Bertz CT molecular complexity index is 182. The molecular weight excluding hydrogens is 150 g/mol. The van der Waals surface area contributed by atoms with Crippen LogP contribution in [-0.2, 0) is 4.74 Å². The van der Waals surface area contributed by atoms with E-state index < -0.39 is 0 Å². The van der Waals surface area contributed by atoms with Crippen LogP contribution >= 0.6 is 0 Å². The number of rotatable bonds is 6. The summed E-state index contributed by atoms with van der Waals surface area (Å²) in [7, 11) is 0. The predicted octanol–water partition coefficient (Wildman–Crippen LogP) is 2.91. The molecule has 0 aromatic rings. The molecule has 0 heterocycles. The topological polar surface area (TPSA) is 33.1 Å². The van der Waals surface area contributed by atoms with E-state index in [9.17, 15) is 0 Å². The Hall–Kier alpha value is -1.05. The smallest absolute Gasteiger partial charge is 0.106 e. The molecule has 0 aromatic heterocycles. The van der Waals surface area contributed by atoms with E-state index in [0.29, 0.717) is 6.61 Å². The Morgan fingerprint density at radius 2 is 2.25 bits per heavy atom. The van der Waals surface area contributed by atoms with Crippen LogP contribution in [0.3, 0.4) is 0 Å². The van der Waals surface area contributed by atoms with Crippen molar-refractivity contribution in [2.45, 2.75) is 26.7 Å². The normalized spacial score (nSPS) is 11.0. The fourth-order valence-corrected chi connectivity index (χ4v) is 0.701. The first-order valence-electron chi connectivity index (χ1n) is 4.18. The van der Waals surface area contributed by atoms with Crippen LogP contribution in [0.1, 0.15) is 26.7 Å². The van der Waals surface area contributed by atoms with Crippen molar-refractivity contribution in [2.75, 3.05) is 6.61 Å². The number of hydrogen-bond acceptors (Lipinski definition) is 2. The third-order valence-electron chi connectivity index (χ3n) is 1.45. The third-order valence-corrected chi connectivity index (χ3v) is 1.45. The van der Waals surface area contributed by atoms with Crippen LogP contribution in [-0.4, -0.2) is 12.8 Å². The molecule has 0 radical (unpaired) electrons. The van der Waals surface area contributed by atoms with Crippen molar-refractivity contribution >= 4 is 6.21 Å². The van der Waals surface area contributed by atoms with Gasteiger partial charge < -0.3 is 10.1 Å². The van der Waals surface area contributed by atoms with Gasteiger partial charge in [0.15, 0.2) is 0 Å². The van der Waals surface area contributed by atoms with E-state index in [1.807, 2.05) is 13.0 Å². The van der Waals surface area contributed by atoms with Crippen molar-refractivity contribution in [1.29, 1.82) is 5.41 Å². The minimum absolute atomic E-state index is 0.528. The molecule has 0 spiro atoms. The van der Waals surface area contributed by atoms with Crippen molar-refractivity contribution in [3.8, 4) is 0 Å². The molecule has 0 rings (SSSR count). The number of nitrogens with one attached hydrogen (secondary N) is 1. The molecule has 0 bridgehead atoms. The van der Waals surface area contributed by atoms with Gasteiger partial charge in [0.1, 0.15) is 6.61 Å². The first-order valence-corrected chi connectivity index (χ1v) is 4.18. The average Bonchev–Trinajstić information content (AvgIpc) is 2.04. The molecule has 12 heavy (non-hydrogen) atoms. The average molecular weight is 167 g/mol. The summed E-state index contributed by atoms with van der Waals surface area (Å²) in [4.78, 5) is 0. The van der Waals surface area contributed by atoms with Crippen molar-refractivity contribution in [3.05, 3.63) is 24.0 Å². The molecule has 0 aromatic carbocycles. The minimum Gasteiger partial charge on any atom is -0.494 e. The molecule has 68 valence electrons. The van der Waals surface area contributed by atoms with Crippen molar-refractivity contribution in [1.82, 2.24) is 0 Å². The van der Waals surface area contributed by atoms with Gasteiger partial charge in [0.05, 0.1) is 5.76 Å². The highest BCUT2D eigenvalue weighted by Crippen LogP contribution is 2.03. The van der Waals surface area contributed by atoms with Crippen LogP contribution in [0.2, 0.25) is 0 Å². The van der Waals surface area contributed by atoms with Crippen LogP contribution in [0.5, 0.6) is 0 Å². The van der Waals surface area contributed by atoms with Crippen molar-refractivity contribution < 1.29 is 4.74 Å². The van der Waals surface area contributed by atoms with Crippen LogP contribution in [0.25, 0.3) is 0 Å². The lowest BCUT2D eigenvalue weighted by atomic mass is 10.3. The first-order chi connectivity index (χ1) is 5.70. The highest BCUT2D eigenvalue weighted by molar-refractivity contribution is 5.74. The maximum Gasteiger partial charge on any atom is 0.106 e. The van der Waals surface area contributed by atoms with E-state index in [0.717, 1.165) is 24.2 Å². The Morgan fingerprint density at radius 3 is 2.75 bits per heavy atom. The van der Waals surface area contributed by atoms with Crippen molar-refractivity contribution in [2.24, 2.45) is 0 Å². The van der Waals surface area contributed by atoms with E-state index >= 15 is 0 Å². The summed E-state index contributed by atoms with van der Waals surface area (Å²) in [6.07, 6.45) is 5.16. The fraction of sp³-hybridized carbons (Fsp3) is 0.500. The molecule has 1 N–H and O–H groups in total. The Morgan fingerprint density at radius 1 is 1.58 bits per heavy atom. The summed E-state index contributed by atoms with van der Waals surface area (Å²) in [6.45, 7) is 8.25. The van der Waals surface area contributed by atoms with Gasteiger partial charge in [-0.25, -0.2) is 0 Å². The molecule has 0 atom stereocenters. The zero-order valence-electron chi connectivity index (χ0n) is 7.89. The van der Waals surface area contributed by atoms with Gasteiger partial charge in [-0.15, -0.1) is 0 Å². The number of hydrogen-bond donors (Lipinski definition) is 1. The lowest BCUT2D eigenvalue weighted by molar-refractivity contribution is 0.236. The first kappa shape index (κ1) is 11.0. The fourth-order valence-electron chi connectivity index (χ4n) is 0.701. The van der Waals surface area contributed by atoms with Crippen LogP contribution < -0.4 is 0 Å². The molecule has 0 amide bonds. The van der Waals surface area contributed by atoms with E-state index in [1.165, 1.54) is 6.21 Å². The summed E-state index contributed by atoms with van der Waals surface area (Å²) in [5, 5.41) is 6.90. The zero-order chi connectivity index (χ0) is 9.40. The Balaban J connectivity index is 3.55. The van der Waals surface area contributed by atoms with Gasteiger partial charge in [0.2, 0.25) is 0 Å². The maximum atomic E-state index is 6.90. The maximum absolute atomic E-state index is 6.90. The zero-order valence-corrected chi connectivity index (χ0v) is 7.89. The largest absolute Gasteiger partial charge is 0.494 e. The Labute approximate surface area is 74.4 Å². The van der Waals surface area contributed by atoms with Gasteiger partial charge in [0, 0.05) is 12.6 Å². The SMILES string of the molecule is C=C(CCC)OC/C=C(\C)C=N. The van der Waals surface area contributed by atoms with E-state index in [4.69, 9.17) is 10.1 Å². The number of allylic oxidation sites excluding steroid dienone is 2. The van der Waals surface area contributed by atoms with Gasteiger partial charge >= 0.3 is 0 Å². The molecule has 0 aliphatic heterocycles. The van der Waals surface area contributed by atoms with E-state index in [1.54, 1.807) is 0 Å². The molecule has 0 saturated heterocycles. The van der Waals surface area contributed by atoms with Gasteiger partial charge in [-0.2, -0.15) is 0 Å². The van der Waals surface area contributed by atoms with Crippen LogP contribution in [0.15, 0.2) is 24.0 Å².